The second-order valence-electron chi connectivity index (χ2n) is 5.73. The minimum absolute atomic E-state index is 0.0241. The van der Waals surface area contributed by atoms with Gasteiger partial charge < -0.3 is 19.5 Å². The molecule has 3 rings (SSSR count). The van der Waals surface area contributed by atoms with Crippen LogP contribution in [0.25, 0.3) is 0 Å². The molecule has 5 nitrogen and oxygen atoms in total. The van der Waals surface area contributed by atoms with Crippen molar-refractivity contribution in [2.75, 3.05) is 26.3 Å². The zero-order valence-electron chi connectivity index (χ0n) is 12.2. The van der Waals surface area contributed by atoms with Crippen LogP contribution < -0.4 is 9.47 Å². The Morgan fingerprint density at radius 2 is 1.90 bits per heavy atom. The van der Waals surface area contributed by atoms with E-state index < -0.39 is 0 Å². The van der Waals surface area contributed by atoms with E-state index in [2.05, 4.69) is 0 Å². The molecular weight excluding hydrogens is 270 g/mol. The molecule has 0 radical (unpaired) electrons. The smallest absolute Gasteiger partial charge is 0.253 e. The number of piperidine rings is 1. The fourth-order valence-electron chi connectivity index (χ4n) is 2.94. The van der Waals surface area contributed by atoms with Gasteiger partial charge in [0.1, 0.15) is 13.2 Å². The zero-order chi connectivity index (χ0) is 14.8. The maximum atomic E-state index is 12.5. The Morgan fingerprint density at radius 1 is 1.24 bits per heavy atom. The molecule has 0 saturated carbocycles. The van der Waals surface area contributed by atoms with Gasteiger partial charge in [-0.25, -0.2) is 0 Å². The summed E-state index contributed by atoms with van der Waals surface area (Å²) in [6.07, 6.45) is 1.42. The lowest BCUT2D eigenvalue weighted by Gasteiger charge is -2.33. The number of carbonyl (C=O) groups is 1. The fourth-order valence-corrected chi connectivity index (χ4v) is 2.94. The van der Waals surface area contributed by atoms with E-state index in [1.54, 1.807) is 18.2 Å². The van der Waals surface area contributed by atoms with Crippen molar-refractivity contribution in [3.63, 3.8) is 0 Å². The summed E-state index contributed by atoms with van der Waals surface area (Å²) in [6, 6.07) is 5.35. The highest BCUT2D eigenvalue weighted by Crippen LogP contribution is 2.31. The topological polar surface area (TPSA) is 59.0 Å². The third-order valence-corrected chi connectivity index (χ3v) is 4.30. The molecule has 2 aliphatic heterocycles. The molecule has 21 heavy (non-hydrogen) atoms. The highest BCUT2D eigenvalue weighted by Gasteiger charge is 2.26. The number of hydrogen-bond donors (Lipinski definition) is 1. The van der Waals surface area contributed by atoms with Crippen LogP contribution in [0.1, 0.15) is 30.1 Å². The van der Waals surface area contributed by atoms with E-state index in [0.717, 1.165) is 12.8 Å². The molecule has 114 valence electrons. The van der Waals surface area contributed by atoms with Crippen LogP contribution in [0.2, 0.25) is 0 Å². The van der Waals surface area contributed by atoms with Gasteiger partial charge in [0.25, 0.3) is 5.91 Å². The molecule has 1 aromatic carbocycles. The molecular formula is C16H21NO4. The molecule has 1 amide bonds. The zero-order valence-corrected chi connectivity index (χ0v) is 12.2. The van der Waals surface area contributed by atoms with Gasteiger partial charge in [-0.05, 0) is 43.9 Å². The van der Waals surface area contributed by atoms with Crippen LogP contribution >= 0.6 is 0 Å². The average molecular weight is 291 g/mol. The maximum Gasteiger partial charge on any atom is 0.253 e. The summed E-state index contributed by atoms with van der Waals surface area (Å²) >= 11 is 0. The van der Waals surface area contributed by atoms with Gasteiger partial charge in [-0.15, -0.1) is 0 Å². The van der Waals surface area contributed by atoms with Gasteiger partial charge >= 0.3 is 0 Å². The van der Waals surface area contributed by atoms with Crippen LogP contribution in [-0.2, 0) is 0 Å². The fraction of sp³-hybridized carbons (Fsp3) is 0.562. The summed E-state index contributed by atoms with van der Waals surface area (Å²) < 4.78 is 11.0. The molecule has 0 aliphatic carbocycles. The summed E-state index contributed by atoms with van der Waals surface area (Å²) in [5, 5.41) is 9.62. The average Bonchev–Trinajstić information content (AvgIpc) is 2.54. The monoisotopic (exact) mass is 291 g/mol. The first-order valence-electron chi connectivity index (χ1n) is 7.52. The first-order chi connectivity index (χ1) is 10.1. The molecule has 2 aliphatic rings. The lowest BCUT2D eigenvalue weighted by Crippen LogP contribution is -2.40. The number of fused-ring (bicyclic) bond motifs is 1. The number of ether oxygens (including phenoxy) is 2. The van der Waals surface area contributed by atoms with Crippen LogP contribution in [0.15, 0.2) is 18.2 Å². The number of likely N-dealkylation sites (tertiary alicyclic amines) is 1. The number of carbonyl (C=O) groups excluding carboxylic acids is 1. The highest BCUT2D eigenvalue weighted by molar-refractivity contribution is 5.95. The van der Waals surface area contributed by atoms with E-state index in [0.29, 0.717) is 49.3 Å². The van der Waals surface area contributed by atoms with Gasteiger partial charge in [-0.2, -0.15) is 0 Å². The van der Waals surface area contributed by atoms with Gasteiger partial charge in [-0.1, -0.05) is 0 Å². The molecule has 2 heterocycles. The number of aliphatic hydroxyl groups is 1. The summed E-state index contributed by atoms with van der Waals surface area (Å²) in [4.78, 5) is 14.4. The quantitative estimate of drug-likeness (QED) is 0.901. The minimum Gasteiger partial charge on any atom is -0.486 e. The number of aliphatic hydroxyl groups excluding tert-OH is 1. The van der Waals surface area contributed by atoms with Crippen molar-refractivity contribution in [1.29, 1.82) is 0 Å². The van der Waals surface area contributed by atoms with Gasteiger partial charge in [-0.3, -0.25) is 4.79 Å². The first kappa shape index (κ1) is 14.2. The SMILES string of the molecule is C[C@H](O)C1CCN(C(=O)c2ccc3c(c2)OCCO3)CC1. The number of hydrogen-bond acceptors (Lipinski definition) is 4. The Labute approximate surface area is 124 Å². The van der Waals surface area contributed by atoms with Gasteiger partial charge in [0.15, 0.2) is 11.5 Å². The van der Waals surface area contributed by atoms with Crippen molar-refractivity contribution in [1.82, 2.24) is 4.90 Å². The van der Waals surface area contributed by atoms with Crippen LogP contribution in [0.3, 0.4) is 0 Å². The van der Waals surface area contributed by atoms with Gasteiger partial charge in [0.05, 0.1) is 6.10 Å². The Morgan fingerprint density at radius 3 is 2.57 bits per heavy atom. The third-order valence-electron chi connectivity index (χ3n) is 4.30. The standard InChI is InChI=1S/C16H21NO4/c1-11(18)12-4-6-17(7-5-12)16(19)13-2-3-14-15(10-13)21-9-8-20-14/h2-3,10-12,18H,4-9H2,1H3/t11-/m0/s1. The highest BCUT2D eigenvalue weighted by atomic mass is 16.6. The third kappa shape index (κ3) is 2.97. The molecule has 0 aromatic heterocycles. The molecule has 1 aromatic rings. The maximum absolute atomic E-state index is 12.5. The Hall–Kier alpha value is -1.75. The molecule has 5 heteroatoms. The van der Waals surface area contributed by atoms with Crippen LogP contribution in [0, 0.1) is 5.92 Å². The second-order valence-corrected chi connectivity index (χ2v) is 5.73. The number of rotatable bonds is 2. The van der Waals surface area contributed by atoms with E-state index in [1.807, 2.05) is 11.8 Å². The van der Waals surface area contributed by atoms with E-state index >= 15 is 0 Å². The molecule has 1 fully saturated rings. The second kappa shape index (κ2) is 5.93. The van der Waals surface area contributed by atoms with E-state index in [9.17, 15) is 9.90 Å². The van der Waals surface area contributed by atoms with Crippen molar-refractivity contribution >= 4 is 5.91 Å². The van der Waals surface area contributed by atoms with Crippen molar-refractivity contribution < 1.29 is 19.4 Å². The van der Waals surface area contributed by atoms with Crippen LogP contribution in [0.5, 0.6) is 11.5 Å². The molecule has 0 bridgehead atoms. The van der Waals surface area contributed by atoms with Crippen LogP contribution in [0.4, 0.5) is 0 Å². The summed E-state index contributed by atoms with van der Waals surface area (Å²) in [5.74, 6) is 1.67. The molecule has 1 saturated heterocycles. The predicted octanol–water partition coefficient (Wildman–Crippen LogP) is 1.69. The Balaban J connectivity index is 1.68. The van der Waals surface area contributed by atoms with E-state index in [-0.39, 0.29) is 12.0 Å². The molecule has 1 atom stereocenters. The van der Waals surface area contributed by atoms with Gasteiger partial charge in [0.2, 0.25) is 0 Å². The molecule has 0 unspecified atom stereocenters. The van der Waals surface area contributed by atoms with Crippen molar-refractivity contribution in [3.8, 4) is 11.5 Å². The van der Waals surface area contributed by atoms with Crippen molar-refractivity contribution in [2.24, 2.45) is 5.92 Å². The largest absolute Gasteiger partial charge is 0.486 e. The molecule has 0 spiro atoms. The predicted molar refractivity (Wildman–Crippen MR) is 77.7 cm³/mol. The van der Waals surface area contributed by atoms with E-state index in [1.165, 1.54) is 0 Å². The lowest BCUT2D eigenvalue weighted by atomic mass is 9.92. The van der Waals surface area contributed by atoms with Gasteiger partial charge in [0, 0.05) is 18.7 Å². The van der Waals surface area contributed by atoms with Crippen molar-refractivity contribution in [3.05, 3.63) is 23.8 Å². The van der Waals surface area contributed by atoms with Crippen LogP contribution in [-0.4, -0.2) is 48.3 Å². The first-order valence-corrected chi connectivity index (χ1v) is 7.52. The summed E-state index contributed by atoms with van der Waals surface area (Å²) in [5.41, 5.74) is 0.634. The Bertz CT molecular complexity index is 521. The van der Waals surface area contributed by atoms with Crippen molar-refractivity contribution in [2.45, 2.75) is 25.9 Å². The van der Waals surface area contributed by atoms with E-state index in [4.69, 9.17) is 9.47 Å². The normalized spacial score (nSPS) is 20.2. The number of benzene rings is 1. The summed E-state index contributed by atoms with van der Waals surface area (Å²) in [7, 11) is 0. The Kier molecular flexibility index (Phi) is 4.01. The number of nitrogens with zero attached hydrogens (tertiary/aromatic N) is 1. The minimum atomic E-state index is -0.295. The number of amides is 1. The molecule has 1 N–H and O–H groups in total. The summed E-state index contributed by atoms with van der Waals surface area (Å²) in [6.45, 7) is 4.28. The lowest BCUT2D eigenvalue weighted by molar-refractivity contribution is 0.0521.